The molecule has 5 unspecified atom stereocenters. The number of hydrogen-bond donors (Lipinski definition) is 3. The van der Waals surface area contributed by atoms with Gasteiger partial charge in [-0.3, -0.25) is 14.5 Å². The first-order valence-corrected chi connectivity index (χ1v) is 13.2. The third-order valence-corrected chi connectivity index (χ3v) is 8.59. The highest BCUT2D eigenvalue weighted by molar-refractivity contribution is 5.90. The maximum Gasteiger partial charge on any atom is 0.247 e. The highest BCUT2D eigenvalue weighted by Crippen LogP contribution is 2.45. The van der Waals surface area contributed by atoms with Crippen LogP contribution in [0.5, 0.6) is 0 Å². The Morgan fingerprint density at radius 1 is 1.25 bits per heavy atom. The van der Waals surface area contributed by atoms with E-state index in [1.54, 1.807) is 21.1 Å². The van der Waals surface area contributed by atoms with Crippen LogP contribution < -0.4 is 10.6 Å². The molecule has 5 rings (SSSR count). The van der Waals surface area contributed by atoms with Crippen LogP contribution in [0.2, 0.25) is 0 Å². The molecule has 2 amide bonds. The molecular weight excluding hydrogens is 461 g/mol. The lowest BCUT2D eigenvalue weighted by atomic mass is 9.91. The molecule has 0 radical (unpaired) electrons. The van der Waals surface area contributed by atoms with Crippen molar-refractivity contribution in [2.24, 2.45) is 0 Å². The predicted molar refractivity (Wildman–Crippen MR) is 136 cm³/mol. The van der Waals surface area contributed by atoms with Gasteiger partial charge in [0.2, 0.25) is 11.8 Å². The van der Waals surface area contributed by atoms with Crippen molar-refractivity contribution in [1.82, 2.24) is 25.4 Å². The average Bonchev–Trinajstić information content (AvgIpc) is 3.66. The van der Waals surface area contributed by atoms with E-state index in [0.29, 0.717) is 12.6 Å². The van der Waals surface area contributed by atoms with Gasteiger partial charge in [0.15, 0.2) is 0 Å². The van der Waals surface area contributed by atoms with Crippen LogP contribution in [-0.4, -0.2) is 90.7 Å². The number of fused-ring (bicyclic) bond motifs is 2. The number of likely N-dealkylation sites (tertiary alicyclic amines) is 2. The lowest BCUT2D eigenvalue weighted by Crippen LogP contribution is -2.56. The lowest BCUT2D eigenvalue weighted by molar-refractivity contribution is -0.139. The second kappa shape index (κ2) is 10.5. The van der Waals surface area contributed by atoms with Crippen LogP contribution in [0.25, 0.3) is 10.9 Å². The van der Waals surface area contributed by atoms with E-state index in [2.05, 4.69) is 20.5 Å². The Hall–Kier alpha value is -2.49. The number of carbonyl (C=O) groups excluding carboxylic acids is 2. The first-order valence-electron chi connectivity index (χ1n) is 13.2. The summed E-state index contributed by atoms with van der Waals surface area (Å²) in [6.07, 6.45) is 7.82. The number of halogens is 1. The summed E-state index contributed by atoms with van der Waals surface area (Å²) in [6, 6.07) is 4.56. The SMILES string of the molecule is CNC(C)C(=O)NC(COC)C(=O)N1CCC2C1C(c1c[nH]c3cc(F)ccc13)CN2C1CCCC1. The van der Waals surface area contributed by atoms with E-state index < -0.39 is 12.1 Å². The fourth-order valence-electron chi connectivity index (χ4n) is 6.71. The number of ether oxygens (including phenoxy) is 1. The molecule has 2 aromatic rings. The predicted octanol–water partition coefficient (Wildman–Crippen LogP) is 2.36. The molecule has 3 fully saturated rings. The fraction of sp³-hybridized carbons (Fsp3) is 0.630. The van der Waals surface area contributed by atoms with Gasteiger partial charge < -0.3 is 25.3 Å². The number of nitrogens with zero attached hydrogens (tertiary/aromatic N) is 2. The van der Waals surface area contributed by atoms with Crippen LogP contribution in [0, 0.1) is 5.82 Å². The highest BCUT2D eigenvalue weighted by atomic mass is 19.1. The van der Waals surface area contributed by atoms with E-state index in [0.717, 1.165) is 29.4 Å². The summed E-state index contributed by atoms with van der Waals surface area (Å²) >= 11 is 0. The third kappa shape index (κ3) is 4.53. The van der Waals surface area contributed by atoms with Crippen molar-refractivity contribution >= 4 is 22.7 Å². The molecule has 2 aliphatic heterocycles. The van der Waals surface area contributed by atoms with Crippen LogP contribution in [0.1, 0.15) is 50.5 Å². The van der Waals surface area contributed by atoms with E-state index in [1.165, 1.54) is 37.8 Å². The Kier molecular flexibility index (Phi) is 7.32. The number of carbonyl (C=O) groups is 2. The number of H-pyrrole nitrogens is 1. The third-order valence-electron chi connectivity index (χ3n) is 8.59. The summed E-state index contributed by atoms with van der Waals surface area (Å²) in [7, 11) is 3.27. The number of aromatic amines is 1. The first-order chi connectivity index (χ1) is 17.4. The summed E-state index contributed by atoms with van der Waals surface area (Å²) in [5.74, 6) is -0.473. The molecule has 196 valence electrons. The molecule has 5 atom stereocenters. The zero-order valence-corrected chi connectivity index (χ0v) is 21.4. The molecule has 0 spiro atoms. The zero-order valence-electron chi connectivity index (χ0n) is 21.4. The summed E-state index contributed by atoms with van der Waals surface area (Å²) in [4.78, 5) is 34.4. The summed E-state index contributed by atoms with van der Waals surface area (Å²) in [6.45, 7) is 3.43. The van der Waals surface area contributed by atoms with Gasteiger partial charge in [-0.1, -0.05) is 12.8 Å². The van der Waals surface area contributed by atoms with E-state index in [1.807, 2.05) is 17.2 Å². The molecule has 0 bridgehead atoms. The first kappa shape index (κ1) is 25.2. The fourth-order valence-corrected chi connectivity index (χ4v) is 6.71. The highest BCUT2D eigenvalue weighted by Gasteiger charge is 2.53. The minimum absolute atomic E-state index is 0.000125. The van der Waals surface area contributed by atoms with E-state index in [4.69, 9.17) is 4.74 Å². The van der Waals surface area contributed by atoms with Crippen LogP contribution in [-0.2, 0) is 14.3 Å². The van der Waals surface area contributed by atoms with Gasteiger partial charge >= 0.3 is 0 Å². The normalized spacial score (nSPS) is 26.4. The molecular formula is C27H38FN5O3. The van der Waals surface area contributed by atoms with Crippen molar-refractivity contribution in [1.29, 1.82) is 0 Å². The number of amides is 2. The van der Waals surface area contributed by atoms with Crippen molar-refractivity contribution in [2.45, 2.75) is 75.2 Å². The van der Waals surface area contributed by atoms with Gasteiger partial charge in [0.05, 0.1) is 18.7 Å². The molecule has 8 nitrogen and oxygen atoms in total. The number of nitrogens with one attached hydrogen (secondary N) is 3. The Morgan fingerprint density at radius 3 is 2.75 bits per heavy atom. The molecule has 1 aliphatic carbocycles. The van der Waals surface area contributed by atoms with Gasteiger partial charge in [0, 0.05) is 55.3 Å². The monoisotopic (exact) mass is 499 g/mol. The standard InChI is InChI=1S/C27H38FN5O3/c1-16(29-2)26(34)31-23(15-36-3)27(35)32-11-10-24-25(32)21(14-33(24)18-6-4-5-7-18)20-13-30-22-12-17(28)8-9-19(20)22/h8-9,12-13,16,18,21,23-25,29-30H,4-7,10-11,14-15H2,1-3H3,(H,31,34). The summed E-state index contributed by atoms with van der Waals surface area (Å²) in [5.41, 5.74) is 1.92. The van der Waals surface area contributed by atoms with Crippen LogP contribution in [0.3, 0.4) is 0 Å². The van der Waals surface area contributed by atoms with Crippen LogP contribution >= 0.6 is 0 Å². The largest absolute Gasteiger partial charge is 0.382 e. The molecule has 1 saturated carbocycles. The summed E-state index contributed by atoms with van der Waals surface area (Å²) < 4.78 is 19.2. The van der Waals surface area contributed by atoms with Crippen molar-refractivity contribution < 1.29 is 18.7 Å². The topological polar surface area (TPSA) is 89.7 Å². The van der Waals surface area contributed by atoms with Gasteiger partial charge in [-0.25, -0.2) is 4.39 Å². The zero-order chi connectivity index (χ0) is 25.4. The number of likely N-dealkylation sites (N-methyl/N-ethyl adjacent to an activating group) is 1. The maximum absolute atomic E-state index is 13.9. The Labute approximate surface area is 211 Å². The lowest BCUT2D eigenvalue weighted by Gasteiger charge is -2.32. The minimum atomic E-state index is -0.740. The average molecular weight is 500 g/mol. The number of hydrogen-bond acceptors (Lipinski definition) is 5. The number of benzene rings is 1. The number of methoxy groups -OCH3 is 1. The van der Waals surface area contributed by atoms with Gasteiger partial charge in [-0.2, -0.15) is 0 Å². The Morgan fingerprint density at radius 2 is 2.03 bits per heavy atom. The van der Waals surface area contributed by atoms with Gasteiger partial charge in [-0.05, 0) is 57.0 Å². The second-order valence-electron chi connectivity index (χ2n) is 10.6. The van der Waals surface area contributed by atoms with Crippen LogP contribution in [0.4, 0.5) is 4.39 Å². The quantitative estimate of drug-likeness (QED) is 0.519. The van der Waals surface area contributed by atoms with E-state index in [9.17, 15) is 14.0 Å². The molecule has 3 heterocycles. The van der Waals surface area contributed by atoms with E-state index in [-0.39, 0.29) is 42.2 Å². The Bertz CT molecular complexity index is 1100. The van der Waals surface area contributed by atoms with Crippen LogP contribution in [0.15, 0.2) is 24.4 Å². The van der Waals surface area contributed by atoms with Gasteiger partial charge in [0.25, 0.3) is 0 Å². The molecule has 36 heavy (non-hydrogen) atoms. The number of rotatable bonds is 8. The van der Waals surface area contributed by atoms with Gasteiger partial charge in [0.1, 0.15) is 11.9 Å². The minimum Gasteiger partial charge on any atom is -0.382 e. The van der Waals surface area contributed by atoms with Crippen molar-refractivity contribution in [3.05, 3.63) is 35.8 Å². The van der Waals surface area contributed by atoms with E-state index >= 15 is 0 Å². The molecule has 1 aromatic carbocycles. The van der Waals surface area contributed by atoms with Crippen molar-refractivity contribution in [2.75, 3.05) is 33.9 Å². The second-order valence-corrected chi connectivity index (χ2v) is 10.6. The smallest absolute Gasteiger partial charge is 0.247 e. The molecule has 1 aromatic heterocycles. The molecule has 9 heteroatoms. The maximum atomic E-state index is 13.9. The Balaban J connectivity index is 1.46. The molecule has 3 aliphatic rings. The molecule has 3 N–H and O–H groups in total. The van der Waals surface area contributed by atoms with Crippen molar-refractivity contribution in [3.8, 4) is 0 Å². The summed E-state index contributed by atoms with van der Waals surface area (Å²) in [5, 5.41) is 6.84. The van der Waals surface area contributed by atoms with Gasteiger partial charge in [-0.15, -0.1) is 0 Å². The number of aromatic nitrogens is 1. The molecule has 2 saturated heterocycles. The van der Waals surface area contributed by atoms with Crippen molar-refractivity contribution in [3.63, 3.8) is 0 Å².